The van der Waals surface area contributed by atoms with Crippen LogP contribution in [0.15, 0.2) is 42.6 Å². The Kier molecular flexibility index (Phi) is 3.81. The summed E-state index contributed by atoms with van der Waals surface area (Å²) in [7, 11) is 0. The molecule has 1 atom stereocenters. The van der Waals surface area contributed by atoms with Crippen LogP contribution in [0.5, 0.6) is 0 Å². The molecule has 3 nitrogen and oxygen atoms in total. The predicted molar refractivity (Wildman–Crippen MR) is 81.2 cm³/mol. The molecule has 1 heterocycles. The van der Waals surface area contributed by atoms with E-state index in [0.29, 0.717) is 5.92 Å². The van der Waals surface area contributed by atoms with Crippen LogP contribution in [-0.4, -0.2) is 4.98 Å². The van der Waals surface area contributed by atoms with E-state index in [1.54, 1.807) is 0 Å². The minimum atomic E-state index is 0.0144. The molecule has 3 N–H and O–H groups in total. The lowest BCUT2D eigenvalue weighted by molar-refractivity contribution is 0.414. The number of aryl methyl sites for hydroxylation is 1. The fourth-order valence-electron chi connectivity index (χ4n) is 3.01. The molecule has 0 amide bonds. The molecule has 1 aliphatic carbocycles. The highest BCUT2D eigenvalue weighted by atomic mass is 15.2. The zero-order valence-electron chi connectivity index (χ0n) is 11.8. The molecule has 20 heavy (non-hydrogen) atoms. The monoisotopic (exact) mass is 267 g/mol. The van der Waals surface area contributed by atoms with Gasteiger partial charge in [-0.1, -0.05) is 36.8 Å². The van der Waals surface area contributed by atoms with E-state index in [1.165, 1.54) is 30.4 Å². The van der Waals surface area contributed by atoms with E-state index in [9.17, 15) is 0 Å². The Bertz CT molecular complexity index is 590. The van der Waals surface area contributed by atoms with Crippen molar-refractivity contribution in [3.63, 3.8) is 0 Å². The molecule has 3 heteroatoms. The molecule has 0 saturated heterocycles. The maximum absolute atomic E-state index is 5.86. The third-order valence-corrected chi connectivity index (χ3v) is 4.38. The van der Waals surface area contributed by atoms with Crippen LogP contribution in [0.2, 0.25) is 0 Å². The van der Waals surface area contributed by atoms with Gasteiger partial charge in [0.2, 0.25) is 0 Å². The van der Waals surface area contributed by atoms with Gasteiger partial charge in [0.15, 0.2) is 0 Å². The summed E-state index contributed by atoms with van der Waals surface area (Å²) in [6, 6.07) is 12.7. The van der Waals surface area contributed by atoms with Crippen molar-refractivity contribution in [1.29, 1.82) is 0 Å². The number of benzene rings is 1. The fraction of sp³-hybridized carbons (Fsp3) is 0.353. The Labute approximate surface area is 120 Å². The minimum Gasteiger partial charge on any atom is -0.271 e. The van der Waals surface area contributed by atoms with Crippen LogP contribution in [0.25, 0.3) is 0 Å². The summed E-state index contributed by atoms with van der Waals surface area (Å²) in [5.41, 5.74) is 7.88. The molecule has 1 aliphatic rings. The average Bonchev–Trinajstić information content (AvgIpc) is 2.41. The normalized spacial score (nSPS) is 16.7. The van der Waals surface area contributed by atoms with Gasteiger partial charge in [-0.25, -0.2) is 5.43 Å². The number of hydrogen-bond donors (Lipinski definition) is 2. The number of hydrogen-bond acceptors (Lipinski definition) is 3. The summed E-state index contributed by atoms with van der Waals surface area (Å²) in [5, 5.41) is 0. The number of rotatable bonds is 4. The second-order valence-electron chi connectivity index (χ2n) is 5.53. The first-order valence-corrected chi connectivity index (χ1v) is 7.27. The maximum Gasteiger partial charge on any atom is 0.0730 e. The van der Waals surface area contributed by atoms with Crippen molar-refractivity contribution in [3.8, 4) is 0 Å². The van der Waals surface area contributed by atoms with E-state index in [1.807, 2.05) is 19.2 Å². The summed E-state index contributed by atoms with van der Waals surface area (Å²) >= 11 is 0. The second kappa shape index (κ2) is 5.73. The standard InChI is InChI=1S/C17H21N3/c1-12-14(10-5-11-19-12)17(20-18)16-9-3-2-8-15(16)13-6-4-7-13/h2-3,5,8-11,13,17,20H,4,6-7,18H2,1H3. The van der Waals surface area contributed by atoms with Crippen LogP contribution < -0.4 is 11.3 Å². The minimum absolute atomic E-state index is 0.0144. The molecule has 0 bridgehead atoms. The first kappa shape index (κ1) is 13.3. The first-order valence-electron chi connectivity index (χ1n) is 7.27. The van der Waals surface area contributed by atoms with Crippen LogP contribution in [0.4, 0.5) is 0 Å². The Morgan fingerprint density at radius 3 is 2.55 bits per heavy atom. The molecule has 0 radical (unpaired) electrons. The van der Waals surface area contributed by atoms with Crippen molar-refractivity contribution in [2.24, 2.45) is 5.84 Å². The van der Waals surface area contributed by atoms with E-state index >= 15 is 0 Å². The summed E-state index contributed by atoms with van der Waals surface area (Å²) in [5.74, 6) is 6.55. The zero-order valence-corrected chi connectivity index (χ0v) is 11.8. The Balaban J connectivity index is 2.03. The quantitative estimate of drug-likeness (QED) is 0.660. The lowest BCUT2D eigenvalue weighted by atomic mass is 9.76. The SMILES string of the molecule is Cc1ncccc1C(NN)c1ccccc1C1CCC1. The number of aromatic nitrogens is 1. The fourth-order valence-corrected chi connectivity index (χ4v) is 3.01. The number of nitrogens with zero attached hydrogens (tertiary/aromatic N) is 1. The summed E-state index contributed by atoms with van der Waals surface area (Å²) in [6.07, 6.45) is 5.75. The smallest absolute Gasteiger partial charge is 0.0730 e. The summed E-state index contributed by atoms with van der Waals surface area (Å²) in [6.45, 7) is 2.03. The van der Waals surface area contributed by atoms with Crippen molar-refractivity contribution >= 4 is 0 Å². The van der Waals surface area contributed by atoms with Gasteiger partial charge in [-0.3, -0.25) is 10.8 Å². The van der Waals surface area contributed by atoms with Gasteiger partial charge in [-0.2, -0.15) is 0 Å². The number of hydrazine groups is 1. The molecular weight excluding hydrogens is 246 g/mol. The highest BCUT2D eigenvalue weighted by molar-refractivity contribution is 5.40. The molecule has 1 aromatic heterocycles. The molecule has 1 saturated carbocycles. The van der Waals surface area contributed by atoms with Crippen molar-refractivity contribution in [2.45, 2.75) is 38.1 Å². The molecule has 1 unspecified atom stereocenters. The molecule has 2 aromatic rings. The number of nitrogens with two attached hydrogens (primary N) is 1. The average molecular weight is 267 g/mol. The van der Waals surface area contributed by atoms with E-state index in [-0.39, 0.29) is 6.04 Å². The van der Waals surface area contributed by atoms with Crippen LogP contribution in [0.1, 0.15) is 53.6 Å². The Morgan fingerprint density at radius 1 is 1.15 bits per heavy atom. The first-order chi connectivity index (χ1) is 9.81. The van der Waals surface area contributed by atoms with Crippen molar-refractivity contribution in [2.75, 3.05) is 0 Å². The van der Waals surface area contributed by atoms with Gasteiger partial charge in [0.1, 0.15) is 0 Å². The van der Waals surface area contributed by atoms with Gasteiger partial charge >= 0.3 is 0 Å². The van der Waals surface area contributed by atoms with E-state index in [2.05, 4.69) is 40.7 Å². The molecule has 1 fully saturated rings. The largest absolute Gasteiger partial charge is 0.271 e. The zero-order chi connectivity index (χ0) is 13.9. The van der Waals surface area contributed by atoms with Crippen LogP contribution in [0, 0.1) is 6.92 Å². The second-order valence-corrected chi connectivity index (χ2v) is 5.53. The van der Waals surface area contributed by atoms with Crippen molar-refractivity contribution in [1.82, 2.24) is 10.4 Å². The lowest BCUT2D eigenvalue weighted by Crippen LogP contribution is -2.31. The third kappa shape index (κ3) is 2.35. The highest BCUT2D eigenvalue weighted by Gasteiger charge is 2.25. The van der Waals surface area contributed by atoms with Gasteiger partial charge in [-0.05, 0) is 48.4 Å². The highest BCUT2D eigenvalue weighted by Crippen LogP contribution is 2.40. The summed E-state index contributed by atoms with van der Waals surface area (Å²) in [4.78, 5) is 4.39. The molecule has 0 spiro atoms. The van der Waals surface area contributed by atoms with Crippen LogP contribution in [0.3, 0.4) is 0 Å². The molecule has 0 aliphatic heterocycles. The Morgan fingerprint density at radius 2 is 1.90 bits per heavy atom. The van der Waals surface area contributed by atoms with Gasteiger partial charge in [0.05, 0.1) is 6.04 Å². The number of nitrogens with one attached hydrogen (secondary N) is 1. The topological polar surface area (TPSA) is 50.9 Å². The number of pyridine rings is 1. The van der Waals surface area contributed by atoms with Crippen LogP contribution in [-0.2, 0) is 0 Å². The van der Waals surface area contributed by atoms with Gasteiger partial charge in [-0.15, -0.1) is 0 Å². The maximum atomic E-state index is 5.86. The third-order valence-electron chi connectivity index (χ3n) is 4.38. The molecule has 104 valence electrons. The van der Waals surface area contributed by atoms with Gasteiger partial charge < -0.3 is 0 Å². The van der Waals surface area contributed by atoms with E-state index in [0.717, 1.165) is 11.3 Å². The van der Waals surface area contributed by atoms with Crippen molar-refractivity contribution < 1.29 is 0 Å². The molecule has 3 rings (SSSR count). The van der Waals surface area contributed by atoms with E-state index in [4.69, 9.17) is 5.84 Å². The van der Waals surface area contributed by atoms with Crippen LogP contribution >= 0.6 is 0 Å². The Hall–Kier alpha value is -1.71. The van der Waals surface area contributed by atoms with Crippen molar-refractivity contribution in [3.05, 3.63) is 65.0 Å². The van der Waals surface area contributed by atoms with Gasteiger partial charge in [0, 0.05) is 11.9 Å². The van der Waals surface area contributed by atoms with Gasteiger partial charge in [0.25, 0.3) is 0 Å². The predicted octanol–water partition coefficient (Wildman–Crippen LogP) is 3.21. The van der Waals surface area contributed by atoms with E-state index < -0.39 is 0 Å². The summed E-state index contributed by atoms with van der Waals surface area (Å²) < 4.78 is 0. The lowest BCUT2D eigenvalue weighted by Gasteiger charge is -2.30. The molecular formula is C17H21N3. The molecule has 1 aromatic carbocycles.